The number of phenolic OH excluding ortho intramolecular Hbond substituents is 1. The van der Waals surface area contributed by atoms with Gasteiger partial charge in [-0.05, 0) is 105 Å². The minimum atomic E-state index is -0.363. The number of fused-ring (bicyclic) bond motifs is 1. The number of rotatable bonds is 8. The van der Waals surface area contributed by atoms with Crippen LogP contribution in [0.15, 0.2) is 54.6 Å². The second kappa shape index (κ2) is 11.2. The van der Waals surface area contributed by atoms with Gasteiger partial charge in [-0.1, -0.05) is 12.1 Å². The Morgan fingerprint density at radius 2 is 1.74 bits per heavy atom. The van der Waals surface area contributed by atoms with Crippen LogP contribution in [0.4, 0.5) is 8.78 Å². The summed E-state index contributed by atoms with van der Waals surface area (Å²) >= 11 is 1.33. The normalized spacial score (nSPS) is 14.7. The zero-order valence-electron chi connectivity index (χ0n) is 21.6. The van der Waals surface area contributed by atoms with Crippen molar-refractivity contribution in [1.82, 2.24) is 4.90 Å². The molecular weight excluding hydrogens is 504 g/mol. The smallest absolute Gasteiger partial charge is 0.204 e. The second-order valence-corrected chi connectivity index (χ2v) is 11.1. The Labute approximate surface area is 225 Å². The van der Waals surface area contributed by atoms with Crippen molar-refractivity contribution in [2.45, 2.75) is 26.7 Å². The number of aryl methyl sites for hydroxylation is 2. The topological polar surface area (TPSA) is 49.8 Å². The first-order valence-corrected chi connectivity index (χ1v) is 13.7. The van der Waals surface area contributed by atoms with Gasteiger partial charge in [0, 0.05) is 27.8 Å². The number of ketones is 1. The van der Waals surface area contributed by atoms with E-state index in [9.17, 15) is 18.7 Å². The van der Waals surface area contributed by atoms with E-state index in [1.165, 1.54) is 23.5 Å². The third-order valence-corrected chi connectivity index (χ3v) is 8.50. The molecule has 198 valence electrons. The van der Waals surface area contributed by atoms with E-state index in [0.717, 1.165) is 59.4 Å². The fraction of sp³-hybridized carbons (Fsp3) is 0.323. The molecule has 0 radical (unpaired) electrons. The zero-order valence-corrected chi connectivity index (χ0v) is 22.4. The number of hydrogen-bond acceptors (Lipinski definition) is 5. The van der Waals surface area contributed by atoms with Crippen molar-refractivity contribution in [1.29, 1.82) is 0 Å². The van der Waals surface area contributed by atoms with Gasteiger partial charge in [0.05, 0.1) is 11.6 Å². The van der Waals surface area contributed by atoms with Crippen LogP contribution in [0, 0.1) is 25.6 Å². The molecule has 4 aromatic rings. The van der Waals surface area contributed by atoms with Gasteiger partial charge >= 0.3 is 0 Å². The van der Waals surface area contributed by atoms with Crippen LogP contribution in [0.3, 0.4) is 0 Å². The van der Waals surface area contributed by atoms with Gasteiger partial charge in [-0.3, -0.25) is 14.1 Å². The predicted molar refractivity (Wildman–Crippen MR) is 149 cm³/mol. The van der Waals surface area contributed by atoms with Crippen LogP contribution >= 0.6 is 11.3 Å². The molecule has 7 heteroatoms. The van der Waals surface area contributed by atoms with E-state index in [4.69, 9.17) is 4.74 Å². The molecule has 1 aliphatic rings. The molecule has 0 unspecified atom stereocenters. The minimum Gasteiger partial charge on any atom is -0.508 e. The monoisotopic (exact) mass is 535 g/mol. The summed E-state index contributed by atoms with van der Waals surface area (Å²) in [6, 6.07) is 15.6. The van der Waals surface area contributed by atoms with Crippen molar-refractivity contribution in [2.75, 3.05) is 32.9 Å². The average molecular weight is 536 g/mol. The first kappa shape index (κ1) is 26.3. The maximum absolute atomic E-state index is 13.9. The second-order valence-electron chi connectivity index (χ2n) is 10.0. The number of ether oxygens (including phenoxy) is 1. The van der Waals surface area contributed by atoms with E-state index in [1.54, 1.807) is 26.0 Å². The fourth-order valence-electron chi connectivity index (χ4n) is 5.29. The minimum absolute atomic E-state index is 0.135. The number of carbonyl (C=O) groups excluding carboxylic acids is 1. The van der Waals surface area contributed by atoms with E-state index in [0.29, 0.717) is 28.2 Å². The molecule has 1 N–H and O–H groups in total. The van der Waals surface area contributed by atoms with Gasteiger partial charge in [0.15, 0.2) is 0 Å². The third-order valence-electron chi connectivity index (χ3n) is 7.35. The average Bonchev–Trinajstić information content (AvgIpc) is 3.27. The summed E-state index contributed by atoms with van der Waals surface area (Å²) in [5.74, 6) is 0.550. The number of halogens is 2. The Balaban J connectivity index is 1.40. The quantitative estimate of drug-likeness (QED) is 0.240. The van der Waals surface area contributed by atoms with Crippen molar-refractivity contribution < 1.29 is 23.4 Å². The number of likely N-dealkylation sites (tertiary alicyclic amines) is 1. The highest BCUT2D eigenvalue weighted by molar-refractivity contribution is 7.21. The van der Waals surface area contributed by atoms with E-state index in [-0.39, 0.29) is 29.9 Å². The summed E-state index contributed by atoms with van der Waals surface area (Å²) in [5, 5.41) is 10.9. The van der Waals surface area contributed by atoms with Gasteiger partial charge in [-0.15, -0.1) is 11.3 Å². The lowest BCUT2D eigenvalue weighted by Gasteiger charge is -2.30. The van der Waals surface area contributed by atoms with E-state index in [1.807, 2.05) is 30.3 Å². The summed E-state index contributed by atoms with van der Waals surface area (Å²) < 4.78 is 33.5. The molecule has 1 aromatic heterocycles. The highest BCUT2D eigenvalue weighted by Crippen LogP contribution is 2.42. The molecular formula is C31H31F2NO3S. The molecule has 0 bridgehead atoms. The molecule has 3 aromatic carbocycles. The Kier molecular flexibility index (Phi) is 7.77. The standard InChI is InChI=1S/C31H31F2NO3S/c1-19-15-23(33)16-20(2)28(19)30(36)31-29(26-8-5-24(35)17-27(26)38-31)22-3-6-25(7-4-22)37-14-13-34-11-9-21(18-32)10-12-34/h3-8,15-17,21,35H,9-14,18H2,1-2H3. The Hall–Kier alpha value is -3.29. The highest BCUT2D eigenvalue weighted by Gasteiger charge is 2.24. The van der Waals surface area contributed by atoms with Crippen molar-refractivity contribution in [3.63, 3.8) is 0 Å². The van der Waals surface area contributed by atoms with Crippen molar-refractivity contribution in [2.24, 2.45) is 5.92 Å². The van der Waals surface area contributed by atoms with Crippen LogP contribution < -0.4 is 4.74 Å². The van der Waals surface area contributed by atoms with Gasteiger partial charge in [0.25, 0.3) is 0 Å². The molecule has 1 aliphatic heterocycles. The van der Waals surface area contributed by atoms with Crippen LogP contribution in [0.1, 0.15) is 39.2 Å². The Morgan fingerprint density at radius 1 is 1.05 bits per heavy atom. The van der Waals surface area contributed by atoms with E-state index in [2.05, 4.69) is 4.90 Å². The van der Waals surface area contributed by atoms with Gasteiger partial charge in [0.2, 0.25) is 5.78 Å². The number of benzene rings is 3. The molecule has 0 amide bonds. The number of alkyl halides is 1. The Bertz CT molecular complexity index is 1430. The van der Waals surface area contributed by atoms with Crippen LogP contribution in [-0.2, 0) is 0 Å². The molecule has 0 atom stereocenters. The lowest BCUT2D eigenvalue weighted by atomic mass is 9.94. The van der Waals surface area contributed by atoms with Gasteiger partial charge in [0.1, 0.15) is 23.9 Å². The van der Waals surface area contributed by atoms with E-state index >= 15 is 0 Å². The summed E-state index contributed by atoms with van der Waals surface area (Å²) in [7, 11) is 0. The lowest BCUT2D eigenvalue weighted by molar-refractivity contribution is 0.104. The highest BCUT2D eigenvalue weighted by atomic mass is 32.1. The van der Waals surface area contributed by atoms with E-state index < -0.39 is 0 Å². The number of carbonyl (C=O) groups is 1. The van der Waals surface area contributed by atoms with Crippen molar-refractivity contribution in [3.8, 4) is 22.6 Å². The molecule has 0 spiro atoms. The zero-order chi connectivity index (χ0) is 26.8. The molecule has 2 heterocycles. The summed E-state index contributed by atoms with van der Waals surface area (Å²) in [6.45, 7) is 6.42. The fourth-order valence-corrected chi connectivity index (χ4v) is 6.49. The lowest BCUT2D eigenvalue weighted by Crippen LogP contribution is -2.36. The Morgan fingerprint density at radius 3 is 2.39 bits per heavy atom. The maximum atomic E-state index is 13.9. The van der Waals surface area contributed by atoms with Crippen LogP contribution in [0.5, 0.6) is 11.5 Å². The van der Waals surface area contributed by atoms with Crippen LogP contribution in [0.25, 0.3) is 21.2 Å². The molecule has 38 heavy (non-hydrogen) atoms. The van der Waals surface area contributed by atoms with Gasteiger partial charge in [-0.2, -0.15) is 0 Å². The SMILES string of the molecule is Cc1cc(F)cc(C)c1C(=O)c1sc2cc(O)ccc2c1-c1ccc(OCCN2CCC(CF)CC2)cc1. The van der Waals surface area contributed by atoms with Crippen LogP contribution in [0.2, 0.25) is 0 Å². The maximum Gasteiger partial charge on any atom is 0.204 e. The summed E-state index contributed by atoms with van der Waals surface area (Å²) in [4.78, 5) is 16.7. The molecule has 0 aliphatic carbocycles. The molecule has 0 saturated carbocycles. The predicted octanol–water partition coefficient (Wildman–Crippen LogP) is 7.32. The first-order chi connectivity index (χ1) is 18.3. The molecule has 1 saturated heterocycles. The number of hydrogen-bond donors (Lipinski definition) is 1. The number of thiophene rings is 1. The van der Waals surface area contributed by atoms with Gasteiger partial charge < -0.3 is 9.84 Å². The van der Waals surface area contributed by atoms with Crippen LogP contribution in [-0.4, -0.2) is 48.7 Å². The summed E-state index contributed by atoms with van der Waals surface area (Å²) in [5.41, 5.74) is 3.34. The number of piperidine rings is 1. The molecule has 5 rings (SSSR count). The first-order valence-electron chi connectivity index (χ1n) is 12.9. The molecule has 1 fully saturated rings. The van der Waals surface area contributed by atoms with Crippen molar-refractivity contribution >= 4 is 27.2 Å². The number of nitrogens with zero attached hydrogens (tertiary/aromatic N) is 1. The number of phenols is 1. The number of aromatic hydroxyl groups is 1. The van der Waals surface area contributed by atoms with Gasteiger partial charge in [-0.25, -0.2) is 4.39 Å². The molecule has 4 nitrogen and oxygen atoms in total. The summed E-state index contributed by atoms with van der Waals surface area (Å²) in [6.07, 6.45) is 1.80. The largest absolute Gasteiger partial charge is 0.508 e. The van der Waals surface area contributed by atoms with Crippen molar-refractivity contribution in [3.05, 3.63) is 82.0 Å². The third kappa shape index (κ3) is 5.45.